The van der Waals surface area contributed by atoms with Crippen LogP contribution in [0.15, 0.2) is 19.6 Å². The SMILES string of the molecule is C1CC2CCSc3c4c5c(c(c32)S1)SCCC5CCS4. The van der Waals surface area contributed by atoms with E-state index in [0.29, 0.717) is 0 Å². The standard InChI is InChI=1S/C16H18S4/c1-5-17-13-11-9(1)2-6-18-14(11)16-12-10(4-8-20-16)3-7-19-15(12)13/h9-10H,1-8H2. The van der Waals surface area contributed by atoms with Crippen molar-refractivity contribution in [2.45, 2.75) is 57.1 Å². The highest BCUT2D eigenvalue weighted by Gasteiger charge is 2.38. The number of benzene rings is 1. The van der Waals surface area contributed by atoms with Gasteiger partial charge in [-0.05, 0) is 71.7 Å². The van der Waals surface area contributed by atoms with Crippen LogP contribution >= 0.6 is 47.0 Å². The van der Waals surface area contributed by atoms with Crippen LogP contribution in [0.4, 0.5) is 0 Å². The Bertz CT molecular complexity index is 484. The molecule has 0 aliphatic carbocycles. The van der Waals surface area contributed by atoms with Crippen molar-refractivity contribution in [3.63, 3.8) is 0 Å². The summed E-state index contributed by atoms with van der Waals surface area (Å²) in [6, 6.07) is 0. The Morgan fingerprint density at radius 2 is 0.800 bits per heavy atom. The summed E-state index contributed by atoms with van der Waals surface area (Å²) in [6.07, 6.45) is 5.68. The summed E-state index contributed by atoms with van der Waals surface area (Å²) in [5.41, 5.74) is 3.57. The van der Waals surface area contributed by atoms with Gasteiger partial charge in [0.05, 0.1) is 0 Å². The van der Waals surface area contributed by atoms with E-state index in [-0.39, 0.29) is 0 Å². The molecule has 0 saturated carbocycles. The zero-order valence-corrected chi connectivity index (χ0v) is 14.7. The third kappa shape index (κ3) is 1.80. The topological polar surface area (TPSA) is 0 Å². The van der Waals surface area contributed by atoms with Crippen LogP contribution in [0.5, 0.6) is 0 Å². The molecule has 4 aliphatic rings. The van der Waals surface area contributed by atoms with Crippen molar-refractivity contribution in [3.8, 4) is 0 Å². The molecule has 4 heterocycles. The Hall–Kier alpha value is 0.620. The number of hydrogen-bond acceptors (Lipinski definition) is 4. The molecule has 4 aliphatic heterocycles. The molecule has 106 valence electrons. The molecule has 0 N–H and O–H groups in total. The second kappa shape index (κ2) is 5.07. The number of fused-ring (bicyclic) bond motifs is 2. The summed E-state index contributed by atoms with van der Waals surface area (Å²) in [5.74, 6) is 7.18. The summed E-state index contributed by atoms with van der Waals surface area (Å²) >= 11 is 8.69. The number of hydrogen-bond donors (Lipinski definition) is 0. The normalized spacial score (nSPS) is 25.2. The average Bonchev–Trinajstić information content (AvgIpc) is 2.52. The van der Waals surface area contributed by atoms with Gasteiger partial charge in [-0.25, -0.2) is 0 Å². The van der Waals surface area contributed by atoms with Crippen molar-refractivity contribution in [1.29, 1.82) is 0 Å². The molecule has 0 nitrogen and oxygen atoms in total. The molecular formula is C16H18S4. The first-order chi connectivity index (χ1) is 9.93. The van der Waals surface area contributed by atoms with Crippen LogP contribution in [0.3, 0.4) is 0 Å². The van der Waals surface area contributed by atoms with Crippen LogP contribution < -0.4 is 0 Å². The predicted molar refractivity (Wildman–Crippen MR) is 93.3 cm³/mol. The minimum Gasteiger partial charge on any atom is -0.125 e. The van der Waals surface area contributed by atoms with Gasteiger partial charge in [-0.15, -0.1) is 47.0 Å². The van der Waals surface area contributed by atoms with E-state index < -0.39 is 0 Å². The molecule has 0 spiro atoms. The Balaban J connectivity index is 1.84. The van der Waals surface area contributed by atoms with E-state index in [0.717, 1.165) is 11.8 Å². The molecule has 0 radical (unpaired) electrons. The monoisotopic (exact) mass is 338 g/mol. The van der Waals surface area contributed by atoms with Crippen LogP contribution in [0.25, 0.3) is 0 Å². The van der Waals surface area contributed by atoms with Gasteiger partial charge in [-0.3, -0.25) is 0 Å². The second-order valence-corrected chi connectivity index (χ2v) is 10.5. The van der Waals surface area contributed by atoms with Crippen molar-refractivity contribution in [2.75, 3.05) is 23.0 Å². The summed E-state index contributed by atoms with van der Waals surface area (Å²) in [6.45, 7) is 0. The van der Waals surface area contributed by atoms with Crippen molar-refractivity contribution in [1.82, 2.24) is 0 Å². The summed E-state index contributed by atoms with van der Waals surface area (Å²) in [5, 5.41) is 0. The molecule has 0 fully saturated rings. The molecule has 0 saturated heterocycles. The van der Waals surface area contributed by atoms with Crippen molar-refractivity contribution >= 4 is 47.0 Å². The Labute approximate surface area is 138 Å². The zero-order chi connectivity index (χ0) is 13.1. The van der Waals surface area contributed by atoms with Crippen LogP contribution in [0, 0.1) is 0 Å². The minimum atomic E-state index is 0.882. The lowest BCUT2D eigenvalue weighted by Gasteiger charge is -2.40. The largest absolute Gasteiger partial charge is 0.125 e. The van der Waals surface area contributed by atoms with E-state index in [1.165, 1.54) is 48.7 Å². The molecule has 5 rings (SSSR count). The molecular weight excluding hydrogens is 320 g/mol. The predicted octanol–water partition coefficient (Wildman–Crippen LogP) is 5.84. The first-order valence-corrected chi connectivity index (χ1v) is 11.6. The lowest BCUT2D eigenvalue weighted by Crippen LogP contribution is -2.21. The molecule has 1 aromatic rings. The fraction of sp³-hybridized carbons (Fsp3) is 0.625. The van der Waals surface area contributed by atoms with Gasteiger partial charge in [-0.2, -0.15) is 0 Å². The van der Waals surface area contributed by atoms with E-state index in [2.05, 4.69) is 47.0 Å². The average molecular weight is 339 g/mol. The number of thioether (sulfide) groups is 4. The Morgan fingerprint density at radius 3 is 1.10 bits per heavy atom. The fourth-order valence-corrected chi connectivity index (χ4v) is 10.0. The van der Waals surface area contributed by atoms with Gasteiger partial charge in [0, 0.05) is 19.6 Å². The van der Waals surface area contributed by atoms with Crippen LogP contribution in [0.2, 0.25) is 0 Å². The van der Waals surface area contributed by atoms with Gasteiger partial charge >= 0.3 is 0 Å². The highest BCUT2D eigenvalue weighted by atomic mass is 32.2. The zero-order valence-electron chi connectivity index (χ0n) is 11.4. The maximum absolute atomic E-state index is 2.17. The lowest BCUT2D eigenvalue weighted by molar-refractivity contribution is 0.562. The van der Waals surface area contributed by atoms with E-state index >= 15 is 0 Å². The van der Waals surface area contributed by atoms with Crippen LogP contribution in [0.1, 0.15) is 48.6 Å². The molecule has 0 aromatic heterocycles. The van der Waals surface area contributed by atoms with Gasteiger partial charge in [0.15, 0.2) is 0 Å². The van der Waals surface area contributed by atoms with Gasteiger partial charge < -0.3 is 0 Å². The van der Waals surface area contributed by atoms with E-state index in [1.54, 1.807) is 30.7 Å². The van der Waals surface area contributed by atoms with Crippen LogP contribution in [-0.2, 0) is 0 Å². The highest BCUT2D eigenvalue weighted by molar-refractivity contribution is 8.03. The van der Waals surface area contributed by atoms with E-state index in [1.807, 2.05) is 0 Å². The first-order valence-electron chi connectivity index (χ1n) is 7.68. The third-order valence-electron chi connectivity index (χ3n) is 5.06. The fourth-order valence-electron chi connectivity index (χ4n) is 4.09. The molecule has 0 amide bonds. The van der Waals surface area contributed by atoms with Crippen molar-refractivity contribution in [2.24, 2.45) is 0 Å². The van der Waals surface area contributed by atoms with Gasteiger partial charge in [0.1, 0.15) is 0 Å². The Kier molecular flexibility index (Phi) is 3.32. The van der Waals surface area contributed by atoms with Crippen LogP contribution in [-0.4, -0.2) is 23.0 Å². The molecule has 0 bridgehead atoms. The van der Waals surface area contributed by atoms with Crippen molar-refractivity contribution < 1.29 is 0 Å². The highest BCUT2D eigenvalue weighted by Crippen LogP contribution is 2.60. The summed E-state index contributed by atoms with van der Waals surface area (Å²) < 4.78 is 0. The second-order valence-electron chi connectivity index (χ2n) is 6.09. The quantitative estimate of drug-likeness (QED) is 0.583. The van der Waals surface area contributed by atoms with Gasteiger partial charge in [0.25, 0.3) is 0 Å². The smallest absolute Gasteiger partial charge is 0.0258 e. The van der Waals surface area contributed by atoms with Crippen molar-refractivity contribution in [3.05, 3.63) is 11.1 Å². The molecule has 1 aromatic carbocycles. The first kappa shape index (κ1) is 13.1. The molecule has 0 atom stereocenters. The maximum atomic E-state index is 2.17. The third-order valence-corrected chi connectivity index (χ3v) is 9.93. The molecule has 4 heteroatoms. The maximum Gasteiger partial charge on any atom is 0.0258 e. The number of rotatable bonds is 0. The summed E-state index contributed by atoms with van der Waals surface area (Å²) in [7, 11) is 0. The minimum absolute atomic E-state index is 0.882. The lowest BCUT2D eigenvalue weighted by atomic mass is 9.87. The van der Waals surface area contributed by atoms with Gasteiger partial charge in [-0.1, -0.05) is 0 Å². The Morgan fingerprint density at radius 1 is 0.500 bits per heavy atom. The molecule has 20 heavy (non-hydrogen) atoms. The summed E-state index contributed by atoms with van der Waals surface area (Å²) in [4.78, 5) is 6.89. The van der Waals surface area contributed by atoms with E-state index in [9.17, 15) is 0 Å². The molecule has 0 unspecified atom stereocenters. The van der Waals surface area contributed by atoms with Gasteiger partial charge in [0.2, 0.25) is 0 Å². The van der Waals surface area contributed by atoms with E-state index in [4.69, 9.17) is 0 Å².